The second-order valence-electron chi connectivity index (χ2n) is 7.66. The number of thioether (sulfide) groups is 1. The fraction of sp³-hybridized carbons (Fsp3) is 0.409. The summed E-state index contributed by atoms with van der Waals surface area (Å²) in [5, 5.41) is 3.64. The van der Waals surface area contributed by atoms with Crippen molar-refractivity contribution in [2.24, 2.45) is 0 Å². The highest BCUT2D eigenvalue weighted by atomic mass is 32.2. The lowest BCUT2D eigenvalue weighted by atomic mass is 9.89. The maximum Gasteiger partial charge on any atom is 0.252 e. The number of rotatable bonds is 5. The van der Waals surface area contributed by atoms with Crippen LogP contribution in [0, 0.1) is 0 Å². The van der Waals surface area contributed by atoms with Crippen molar-refractivity contribution >= 4 is 17.7 Å². The Morgan fingerprint density at radius 1 is 1.26 bits per heavy atom. The summed E-state index contributed by atoms with van der Waals surface area (Å²) in [5.41, 5.74) is 1.33. The Morgan fingerprint density at radius 2 is 2.00 bits per heavy atom. The lowest BCUT2D eigenvalue weighted by Gasteiger charge is -2.38. The smallest absolute Gasteiger partial charge is 0.252 e. The molecule has 0 aliphatic carbocycles. The van der Waals surface area contributed by atoms with Crippen molar-refractivity contribution in [3.63, 3.8) is 0 Å². The number of carbonyl (C=O) groups excluding carboxylic acids is 1. The summed E-state index contributed by atoms with van der Waals surface area (Å²) in [6.45, 7) is 8.34. The number of benzene rings is 2. The predicted octanol–water partition coefficient (Wildman–Crippen LogP) is 5.23. The van der Waals surface area contributed by atoms with Gasteiger partial charge in [0.15, 0.2) is 0 Å². The van der Waals surface area contributed by atoms with E-state index in [1.54, 1.807) is 18.9 Å². The Hall–Kier alpha value is -2.14. The van der Waals surface area contributed by atoms with Gasteiger partial charge >= 0.3 is 0 Å². The van der Waals surface area contributed by atoms with Gasteiger partial charge in [-0.05, 0) is 38.1 Å². The van der Waals surface area contributed by atoms with Crippen LogP contribution in [0.25, 0.3) is 0 Å². The maximum atomic E-state index is 13.1. The molecular weight excluding hydrogens is 358 g/mol. The van der Waals surface area contributed by atoms with E-state index in [1.165, 1.54) is 0 Å². The quantitative estimate of drug-likeness (QED) is 0.716. The Labute approximate surface area is 165 Å². The van der Waals surface area contributed by atoms with Gasteiger partial charge in [0.1, 0.15) is 17.1 Å². The van der Waals surface area contributed by atoms with Crippen LogP contribution in [-0.4, -0.2) is 23.9 Å². The van der Waals surface area contributed by atoms with E-state index in [0.717, 1.165) is 27.5 Å². The first-order valence-corrected chi connectivity index (χ1v) is 10.1. The molecule has 5 heteroatoms. The third kappa shape index (κ3) is 4.59. The van der Waals surface area contributed by atoms with Gasteiger partial charge in [0.25, 0.3) is 5.91 Å². The van der Waals surface area contributed by atoms with Crippen molar-refractivity contribution in [1.82, 2.24) is 5.32 Å². The molecule has 0 saturated carbocycles. The SMILES string of the molecule is COc1ccc2c(c1)OC(C)(C)C[C@H]2NC(=O)c1ccccc1SC(C)C. The molecule has 1 amide bonds. The van der Waals surface area contributed by atoms with Crippen molar-refractivity contribution < 1.29 is 14.3 Å². The fourth-order valence-electron chi connectivity index (χ4n) is 3.33. The molecule has 27 heavy (non-hydrogen) atoms. The second kappa shape index (κ2) is 7.85. The van der Waals surface area contributed by atoms with E-state index in [-0.39, 0.29) is 17.6 Å². The van der Waals surface area contributed by atoms with Gasteiger partial charge in [0.2, 0.25) is 0 Å². The van der Waals surface area contributed by atoms with Crippen LogP contribution in [0.15, 0.2) is 47.4 Å². The number of fused-ring (bicyclic) bond motifs is 1. The first kappa shape index (κ1) is 19.6. The lowest BCUT2D eigenvalue weighted by Crippen LogP contribution is -2.41. The van der Waals surface area contributed by atoms with E-state index in [1.807, 2.05) is 56.3 Å². The lowest BCUT2D eigenvalue weighted by molar-refractivity contribution is 0.0616. The van der Waals surface area contributed by atoms with Crippen LogP contribution in [0.3, 0.4) is 0 Å². The number of nitrogens with one attached hydrogen (secondary N) is 1. The van der Waals surface area contributed by atoms with Crippen molar-refractivity contribution in [2.45, 2.75) is 55.9 Å². The topological polar surface area (TPSA) is 47.6 Å². The molecule has 1 aliphatic heterocycles. The van der Waals surface area contributed by atoms with Gasteiger partial charge in [-0.25, -0.2) is 0 Å². The highest BCUT2D eigenvalue weighted by Crippen LogP contribution is 2.41. The molecule has 2 aromatic carbocycles. The van der Waals surface area contributed by atoms with Gasteiger partial charge in [-0.2, -0.15) is 0 Å². The molecule has 4 nitrogen and oxygen atoms in total. The van der Waals surface area contributed by atoms with Crippen molar-refractivity contribution in [3.05, 3.63) is 53.6 Å². The van der Waals surface area contributed by atoms with E-state index in [0.29, 0.717) is 11.7 Å². The van der Waals surface area contributed by atoms with Gasteiger partial charge in [-0.3, -0.25) is 4.79 Å². The minimum atomic E-state index is -0.372. The van der Waals surface area contributed by atoms with Crippen LogP contribution in [-0.2, 0) is 0 Å². The first-order chi connectivity index (χ1) is 12.8. The zero-order valence-corrected chi connectivity index (χ0v) is 17.4. The fourth-order valence-corrected chi connectivity index (χ4v) is 4.29. The number of carbonyl (C=O) groups is 1. The zero-order chi connectivity index (χ0) is 19.6. The molecule has 1 heterocycles. The maximum absolute atomic E-state index is 13.1. The highest BCUT2D eigenvalue weighted by molar-refractivity contribution is 8.00. The van der Waals surface area contributed by atoms with E-state index in [4.69, 9.17) is 9.47 Å². The number of ether oxygens (including phenoxy) is 2. The number of hydrogen-bond donors (Lipinski definition) is 1. The van der Waals surface area contributed by atoms with E-state index < -0.39 is 0 Å². The Morgan fingerprint density at radius 3 is 2.70 bits per heavy atom. The van der Waals surface area contributed by atoms with Crippen molar-refractivity contribution in [3.8, 4) is 11.5 Å². The van der Waals surface area contributed by atoms with Crippen LogP contribution >= 0.6 is 11.8 Å². The molecule has 144 valence electrons. The third-order valence-electron chi connectivity index (χ3n) is 4.48. The summed E-state index contributed by atoms with van der Waals surface area (Å²) in [6, 6.07) is 13.4. The summed E-state index contributed by atoms with van der Waals surface area (Å²) < 4.78 is 11.4. The normalized spacial score (nSPS) is 17.8. The molecule has 1 atom stereocenters. The molecule has 1 N–H and O–H groups in total. The number of methoxy groups -OCH3 is 1. The van der Waals surface area contributed by atoms with E-state index in [9.17, 15) is 4.79 Å². The summed E-state index contributed by atoms with van der Waals surface area (Å²) in [5.74, 6) is 1.46. The minimum Gasteiger partial charge on any atom is -0.497 e. The molecule has 0 fully saturated rings. The Kier molecular flexibility index (Phi) is 5.70. The van der Waals surface area contributed by atoms with E-state index in [2.05, 4.69) is 19.2 Å². The molecule has 0 aromatic heterocycles. The van der Waals surface area contributed by atoms with Crippen LogP contribution < -0.4 is 14.8 Å². The average Bonchev–Trinajstić information content (AvgIpc) is 2.60. The third-order valence-corrected chi connectivity index (χ3v) is 5.56. The monoisotopic (exact) mass is 385 g/mol. The van der Waals surface area contributed by atoms with Gasteiger partial charge in [0, 0.05) is 28.2 Å². The Bertz CT molecular complexity index is 832. The highest BCUT2D eigenvalue weighted by Gasteiger charge is 2.35. The number of amides is 1. The van der Waals surface area contributed by atoms with Crippen LogP contribution in [0.4, 0.5) is 0 Å². The average molecular weight is 386 g/mol. The first-order valence-electron chi connectivity index (χ1n) is 9.22. The van der Waals surface area contributed by atoms with Gasteiger partial charge < -0.3 is 14.8 Å². The van der Waals surface area contributed by atoms with Crippen molar-refractivity contribution in [1.29, 1.82) is 0 Å². The van der Waals surface area contributed by atoms with Crippen LogP contribution in [0.2, 0.25) is 0 Å². The zero-order valence-electron chi connectivity index (χ0n) is 16.5. The van der Waals surface area contributed by atoms with Gasteiger partial charge in [0.05, 0.1) is 18.7 Å². The summed E-state index contributed by atoms with van der Waals surface area (Å²) in [4.78, 5) is 14.1. The van der Waals surface area contributed by atoms with Gasteiger partial charge in [-0.1, -0.05) is 26.0 Å². The summed E-state index contributed by atoms with van der Waals surface area (Å²) >= 11 is 1.70. The molecule has 0 bridgehead atoms. The second-order valence-corrected chi connectivity index (χ2v) is 9.28. The molecule has 2 aromatic rings. The molecule has 0 radical (unpaired) electrons. The Balaban J connectivity index is 1.89. The molecule has 0 saturated heterocycles. The van der Waals surface area contributed by atoms with Crippen molar-refractivity contribution in [2.75, 3.05) is 7.11 Å². The van der Waals surface area contributed by atoms with Crippen LogP contribution in [0.5, 0.6) is 11.5 Å². The minimum absolute atomic E-state index is 0.0526. The number of hydrogen-bond acceptors (Lipinski definition) is 4. The summed E-state index contributed by atoms with van der Waals surface area (Å²) in [7, 11) is 1.64. The molecule has 1 aliphatic rings. The van der Waals surface area contributed by atoms with E-state index >= 15 is 0 Å². The standard InChI is InChI=1S/C22H27NO3S/c1-14(2)27-20-9-7-6-8-17(20)21(24)23-18-13-22(3,4)26-19-12-15(25-5)10-11-16(18)19/h6-12,14,18H,13H2,1-5H3,(H,23,24)/t18-/m1/s1. The van der Waals surface area contributed by atoms with Crippen LogP contribution in [0.1, 0.15) is 56.1 Å². The van der Waals surface area contributed by atoms with Gasteiger partial charge in [-0.15, -0.1) is 11.8 Å². The predicted molar refractivity (Wildman–Crippen MR) is 110 cm³/mol. The molecule has 3 rings (SSSR count). The summed E-state index contributed by atoms with van der Waals surface area (Å²) in [6.07, 6.45) is 0.706. The largest absolute Gasteiger partial charge is 0.497 e. The molecular formula is C22H27NO3S. The molecule has 0 spiro atoms. The molecule has 0 unspecified atom stereocenters.